The molecule has 1 aliphatic rings. The summed E-state index contributed by atoms with van der Waals surface area (Å²) in [6.45, 7) is 2.68. The second kappa shape index (κ2) is 2.82. The zero-order chi connectivity index (χ0) is 8.72. The third-order valence-corrected chi connectivity index (χ3v) is 2.90. The molecule has 1 nitrogen and oxygen atoms in total. The fourth-order valence-corrected chi connectivity index (χ4v) is 1.93. The Morgan fingerprint density at radius 2 is 2.33 bits per heavy atom. The number of nitrogens with one attached hydrogen (secondary N) is 1. The molecule has 64 valence electrons. The van der Waals surface area contributed by atoms with E-state index in [0.717, 1.165) is 11.1 Å². The van der Waals surface area contributed by atoms with Crippen molar-refractivity contribution >= 4 is 15.9 Å². The maximum absolute atomic E-state index is 13.4. The number of hydrogen-bond acceptors (Lipinski definition) is 1. The highest BCUT2D eigenvalue weighted by atomic mass is 79.9. The summed E-state index contributed by atoms with van der Waals surface area (Å²) in [5.74, 6) is -0.121. The topological polar surface area (TPSA) is 12.0 Å². The number of benzene rings is 1. The van der Waals surface area contributed by atoms with Crippen LogP contribution in [0.1, 0.15) is 24.1 Å². The Morgan fingerprint density at radius 1 is 1.58 bits per heavy atom. The van der Waals surface area contributed by atoms with Gasteiger partial charge in [-0.1, -0.05) is 6.07 Å². The molecule has 0 bridgehead atoms. The SMILES string of the molecule is C[C@H]1NCc2c1ccc(Br)c2F. The minimum atomic E-state index is -0.121. The van der Waals surface area contributed by atoms with Crippen LogP contribution in [0.25, 0.3) is 0 Å². The van der Waals surface area contributed by atoms with Crippen LogP contribution >= 0.6 is 15.9 Å². The first-order chi connectivity index (χ1) is 5.70. The van der Waals surface area contributed by atoms with Gasteiger partial charge in [0.15, 0.2) is 0 Å². The highest BCUT2D eigenvalue weighted by molar-refractivity contribution is 9.10. The minimum absolute atomic E-state index is 0.121. The first-order valence-corrected chi connectivity index (χ1v) is 4.69. The van der Waals surface area contributed by atoms with Crippen LogP contribution in [-0.4, -0.2) is 0 Å². The zero-order valence-corrected chi connectivity index (χ0v) is 8.28. The molecule has 1 aromatic carbocycles. The van der Waals surface area contributed by atoms with Crippen molar-refractivity contribution in [3.05, 3.63) is 33.5 Å². The van der Waals surface area contributed by atoms with E-state index in [2.05, 4.69) is 21.2 Å². The Bertz CT molecular complexity index is 325. The van der Waals surface area contributed by atoms with Crippen LogP contribution in [0.15, 0.2) is 16.6 Å². The number of fused-ring (bicyclic) bond motifs is 1. The fraction of sp³-hybridized carbons (Fsp3) is 0.333. The van der Waals surface area contributed by atoms with Crippen molar-refractivity contribution in [2.24, 2.45) is 0 Å². The van der Waals surface area contributed by atoms with Crippen molar-refractivity contribution in [2.45, 2.75) is 19.5 Å². The first-order valence-electron chi connectivity index (χ1n) is 3.90. The van der Waals surface area contributed by atoms with Gasteiger partial charge < -0.3 is 5.32 Å². The summed E-state index contributed by atoms with van der Waals surface area (Å²) in [5.41, 5.74) is 1.88. The van der Waals surface area contributed by atoms with E-state index in [0.29, 0.717) is 11.0 Å². The highest BCUT2D eigenvalue weighted by Crippen LogP contribution is 2.30. The Morgan fingerprint density at radius 3 is 3.08 bits per heavy atom. The Balaban J connectivity index is 2.60. The van der Waals surface area contributed by atoms with Crippen LogP contribution in [0.4, 0.5) is 4.39 Å². The monoisotopic (exact) mass is 229 g/mol. The van der Waals surface area contributed by atoms with Crippen LogP contribution in [0, 0.1) is 5.82 Å². The lowest BCUT2D eigenvalue weighted by atomic mass is 10.1. The lowest BCUT2D eigenvalue weighted by Gasteiger charge is -2.04. The lowest BCUT2D eigenvalue weighted by molar-refractivity contribution is 0.595. The molecular weight excluding hydrogens is 221 g/mol. The zero-order valence-electron chi connectivity index (χ0n) is 6.70. The molecule has 1 atom stereocenters. The molecule has 0 unspecified atom stereocenters. The standard InChI is InChI=1S/C9H9BrFN/c1-5-6-2-3-8(10)9(11)7(6)4-12-5/h2-3,5,12H,4H2,1H3/t5-/m1/s1. The van der Waals surface area contributed by atoms with Gasteiger partial charge in [0.25, 0.3) is 0 Å². The average Bonchev–Trinajstić information content (AvgIpc) is 2.41. The van der Waals surface area contributed by atoms with Gasteiger partial charge in [-0.15, -0.1) is 0 Å². The van der Waals surface area contributed by atoms with E-state index in [1.165, 1.54) is 0 Å². The predicted octanol–water partition coefficient (Wildman–Crippen LogP) is 2.75. The molecule has 12 heavy (non-hydrogen) atoms. The molecule has 2 rings (SSSR count). The molecule has 0 radical (unpaired) electrons. The molecular formula is C9H9BrFN. The van der Waals surface area contributed by atoms with Crippen molar-refractivity contribution in [1.29, 1.82) is 0 Å². The highest BCUT2D eigenvalue weighted by Gasteiger charge is 2.21. The van der Waals surface area contributed by atoms with E-state index in [4.69, 9.17) is 0 Å². The molecule has 3 heteroatoms. The maximum Gasteiger partial charge on any atom is 0.142 e. The van der Waals surface area contributed by atoms with Crippen molar-refractivity contribution in [3.8, 4) is 0 Å². The summed E-state index contributed by atoms with van der Waals surface area (Å²) in [7, 11) is 0. The normalized spacial score (nSPS) is 21.1. The van der Waals surface area contributed by atoms with Crippen LogP contribution in [0.2, 0.25) is 0 Å². The second-order valence-electron chi connectivity index (χ2n) is 3.03. The third kappa shape index (κ3) is 1.08. The first kappa shape index (κ1) is 8.20. The van der Waals surface area contributed by atoms with Gasteiger partial charge in [0.05, 0.1) is 4.47 Å². The van der Waals surface area contributed by atoms with E-state index in [1.807, 2.05) is 13.0 Å². The predicted molar refractivity (Wildman–Crippen MR) is 49.4 cm³/mol. The molecule has 0 fully saturated rings. The summed E-state index contributed by atoms with van der Waals surface area (Å²) >= 11 is 3.17. The van der Waals surface area contributed by atoms with Gasteiger partial charge in [-0.2, -0.15) is 0 Å². The Kier molecular flexibility index (Phi) is 1.93. The quantitative estimate of drug-likeness (QED) is 0.722. The summed E-state index contributed by atoms with van der Waals surface area (Å²) < 4.78 is 13.9. The molecule has 0 aromatic heterocycles. The van der Waals surface area contributed by atoms with Gasteiger partial charge in [-0.05, 0) is 34.5 Å². The van der Waals surface area contributed by atoms with E-state index in [1.54, 1.807) is 6.07 Å². The number of halogens is 2. The number of rotatable bonds is 0. The summed E-state index contributed by atoms with van der Waals surface area (Å²) in [5, 5.41) is 3.19. The largest absolute Gasteiger partial charge is 0.306 e. The molecule has 1 N–H and O–H groups in total. The lowest BCUT2D eigenvalue weighted by Crippen LogP contribution is -2.06. The van der Waals surface area contributed by atoms with Gasteiger partial charge in [-0.25, -0.2) is 4.39 Å². The molecule has 1 aromatic rings. The Labute approximate surface area is 79.1 Å². The van der Waals surface area contributed by atoms with Gasteiger partial charge >= 0.3 is 0 Å². The molecule has 0 aliphatic carbocycles. The molecule has 0 amide bonds. The molecule has 0 saturated carbocycles. The van der Waals surface area contributed by atoms with E-state index >= 15 is 0 Å². The Hall–Kier alpha value is -0.410. The van der Waals surface area contributed by atoms with Crippen molar-refractivity contribution in [1.82, 2.24) is 5.32 Å². The maximum atomic E-state index is 13.4. The van der Waals surface area contributed by atoms with Crippen molar-refractivity contribution < 1.29 is 4.39 Å². The third-order valence-electron chi connectivity index (χ3n) is 2.28. The van der Waals surface area contributed by atoms with E-state index in [9.17, 15) is 4.39 Å². The van der Waals surface area contributed by atoms with Crippen molar-refractivity contribution in [3.63, 3.8) is 0 Å². The molecule has 1 aliphatic heterocycles. The summed E-state index contributed by atoms with van der Waals surface area (Å²) in [6, 6.07) is 4.01. The van der Waals surface area contributed by atoms with Gasteiger partial charge in [0.1, 0.15) is 5.82 Å². The molecule has 1 heterocycles. The van der Waals surface area contributed by atoms with Crippen LogP contribution in [-0.2, 0) is 6.54 Å². The number of hydrogen-bond donors (Lipinski definition) is 1. The fourth-order valence-electron chi connectivity index (χ4n) is 1.56. The summed E-state index contributed by atoms with van der Waals surface area (Å²) in [6.07, 6.45) is 0. The van der Waals surface area contributed by atoms with Crippen molar-refractivity contribution in [2.75, 3.05) is 0 Å². The van der Waals surface area contributed by atoms with E-state index in [-0.39, 0.29) is 11.9 Å². The van der Waals surface area contributed by atoms with E-state index < -0.39 is 0 Å². The minimum Gasteiger partial charge on any atom is -0.306 e. The summed E-state index contributed by atoms with van der Waals surface area (Å²) in [4.78, 5) is 0. The van der Waals surface area contributed by atoms with Crippen LogP contribution < -0.4 is 5.32 Å². The molecule has 0 spiro atoms. The van der Waals surface area contributed by atoms with Gasteiger partial charge in [0.2, 0.25) is 0 Å². The smallest absolute Gasteiger partial charge is 0.142 e. The van der Waals surface area contributed by atoms with Crippen LogP contribution in [0.5, 0.6) is 0 Å². The second-order valence-corrected chi connectivity index (χ2v) is 3.89. The van der Waals surface area contributed by atoms with Gasteiger partial charge in [0, 0.05) is 18.2 Å². The molecule has 0 saturated heterocycles. The van der Waals surface area contributed by atoms with Gasteiger partial charge in [-0.3, -0.25) is 0 Å². The average molecular weight is 230 g/mol. The van der Waals surface area contributed by atoms with Crippen LogP contribution in [0.3, 0.4) is 0 Å².